The number of hydrogen-bond donors (Lipinski definition) is 2. The molecule has 0 aliphatic heterocycles. The van der Waals surface area contributed by atoms with E-state index in [1.54, 1.807) is 24.3 Å². The summed E-state index contributed by atoms with van der Waals surface area (Å²) in [5.74, 6) is -1.67. The van der Waals surface area contributed by atoms with Gasteiger partial charge in [-0.15, -0.1) is 0 Å². The van der Waals surface area contributed by atoms with Crippen LogP contribution in [0.15, 0.2) is 72.8 Å². The summed E-state index contributed by atoms with van der Waals surface area (Å²) < 4.78 is 33.9. The molecule has 0 atom stereocenters. The first-order valence-corrected chi connectivity index (χ1v) is 10.7. The van der Waals surface area contributed by atoms with E-state index in [0.717, 1.165) is 6.42 Å². The number of carbonyl (C=O) groups excluding carboxylic acids is 2. The minimum absolute atomic E-state index is 0.170. The molecule has 0 saturated heterocycles. The number of ether oxygens (including phenoxy) is 1. The molecule has 7 heteroatoms. The third-order valence-corrected chi connectivity index (χ3v) is 4.97. The summed E-state index contributed by atoms with van der Waals surface area (Å²) in [5.41, 5.74) is 0.174. The van der Waals surface area contributed by atoms with Crippen LogP contribution >= 0.6 is 0 Å². The maximum absolute atomic E-state index is 14.1. The van der Waals surface area contributed by atoms with Crippen LogP contribution in [0.4, 0.5) is 8.78 Å². The van der Waals surface area contributed by atoms with Crippen molar-refractivity contribution in [2.75, 3.05) is 6.61 Å². The zero-order chi connectivity index (χ0) is 23.8. The molecule has 33 heavy (non-hydrogen) atoms. The van der Waals surface area contributed by atoms with Gasteiger partial charge < -0.3 is 15.4 Å². The van der Waals surface area contributed by atoms with Crippen molar-refractivity contribution < 1.29 is 23.1 Å². The molecule has 0 heterocycles. The summed E-state index contributed by atoms with van der Waals surface area (Å²) in [6.07, 6.45) is -0.129. The zero-order valence-electron chi connectivity index (χ0n) is 18.5. The number of halogens is 2. The van der Waals surface area contributed by atoms with E-state index >= 15 is 0 Å². The van der Waals surface area contributed by atoms with Crippen LogP contribution in [0.5, 0.6) is 5.75 Å². The van der Waals surface area contributed by atoms with Gasteiger partial charge in [0.15, 0.2) is 0 Å². The lowest BCUT2D eigenvalue weighted by molar-refractivity contribution is 0.0879. The lowest BCUT2D eigenvalue weighted by Gasteiger charge is -2.21. The third-order valence-electron chi connectivity index (χ3n) is 4.97. The fourth-order valence-corrected chi connectivity index (χ4v) is 3.08. The van der Waals surface area contributed by atoms with Crippen molar-refractivity contribution in [1.82, 2.24) is 10.6 Å². The number of amides is 2. The standard InChI is InChI=1S/C26H26F2N2O3/c1-17(2)15-16-33-19-13-11-18(12-14-19)24(29-25(31)20-7-3-5-9-22(20)27)30-26(32)21-8-4-6-10-23(21)28/h3-14,17,24H,15-16H2,1-2H3,(H,29,31)(H,30,32). The van der Waals surface area contributed by atoms with Crippen molar-refractivity contribution in [2.45, 2.75) is 26.4 Å². The van der Waals surface area contributed by atoms with Crippen molar-refractivity contribution in [3.63, 3.8) is 0 Å². The molecule has 0 saturated carbocycles. The van der Waals surface area contributed by atoms with E-state index in [4.69, 9.17) is 4.74 Å². The Balaban J connectivity index is 1.82. The first kappa shape index (κ1) is 23.9. The van der Waals surface area contributed by atoms with Gasteiger partial charge in [0.2, 0.25) is 0 Å². The average molecular weight is 453 g/mol. The number of nitrogens with one attached hydrogen (secondary N) is 2. The van der Waals surface area contributed by atoms with Crippen molar-refractivity contribution in [3.05, 3.63) is 101 Å². The largest absolute Gasteiger partial charge is 0.494 e. The molecular formula is C26H26F2N2O3. The minimum Gasteiger partial charge on any atom is -0.494 e. The van der Waals surface area contributed by atoms with Crippen LogP contribution in [0.25, 0.3) is 0 Å². The summed E-state index contributed by atoms with van der Waals surface area (Å²) >= 11 is 0. The summed E-state index contributed by atoms with van der Waals surface area (Å²) in [5, 5.41) is 5.23. The fraction of sp³-hybridized carbons (Fsp3) is 0.231. The third kappa shape index (κ3) is 6.62. The van der Waals surface area contributed by atoms with Crippen molar-refractivity contribution in [3.8, 4) is 5.75 Å². The molecule has 0 spiro atoms. The zero-order valence-corrected chi connectivity index (χ0v) is 18.5. The quantitative estimate of drug-likeness (QED) is 0.436. The number of carbonyl (C=O) groups is 2. The Bertz CT molecular complexity index is 1040. The van der Waals surface area contributed by atoms with Crippen molar-refractivity contribution in [1.29, 1.82) is 0 Å². The van der Waals surface area contributed by atoms with Gasteiger partial charge in [-0.1, -0.05) is 50.2 Å². The van der Waals surface area contributed by atoms with E-state index in [1.807, 2.05) is 0 Å². The molecule has 3 aromatic rings. The smallest absolute Gasteiger partial charge is 0.256 e. The van der Waals surface area contributed by atoms with Crippen LogP contribution in [0, 0.1) is 17.6 Å². The topological polar surface area (TPSA) is 67.4 Å². The number of rotatable bonds is 9. The second-order valence-electron chi connectivity index (χ2n) is 7.94. The lowest BCUT2D eigenvalue weighted by atomic mass is 10.1. The van der Waals surface area contributed by atoms with Crippen LogP contribution in [0.2, 0.25) is 0 Å². The Morgan fingerprint density at radius 2 is 1.27 bits per heavy atom. The van der Waals surface area contributed by atoms with Crippen LogP contribution < -0.4 is 15.4 Å². The molecular weight excluding hydrogens is 426 g/mol. The normalized spacial score (nSPS) is 10.8. The van der Waals surface area contributed by atoms with Gasteiger partial charge in [0.25, 0.3) is 11.8 Å². The molecule has 0 fully saturated rings. The van der Waals surface area contributed by atoms with E-state index in [1.165, 1.54) is 48.5 Å². The minimum atomic E-state index is -1.03. The van der Waals surface area contributed by atoms with Crippen LogP contribution in [0.3, 0.4) is 0 Å². The molecule has 3 rings (SSSR count). The summed E-state index contributed by atoms with van der Waals surface area (Å²) in [6.45, 7) is 4.77. The fourth-order valence-electron chi connectivity index (χ4n) is 3.08. The summed E-state index contributed by atoms with van der Waals surface area (Å²) in [6, 6.07) is 17.8. The predicted octanol–water partition coefficient (Wildman–Crippen LogP) is 5.25. The first-order chi connectivity index (χ1) is 15.8. The van der Waals surface area contributed by atoms with Crippen LogP contribution in [0.1, 0.15) is 52.7 Å². The monoisotopic (exact) mass is 452 g/mol. The van der Waals surface area contributed by atoms with Gasteiger partial charge in [0.05, 0.1) is 17.7 Å². The molecule has 5 nitrogen and oxygen atoms in total. The highest BCUT2D eigenvalue weighted by Crippen LogP contribution is 2.19. The van der Waals surface area contributed by atoms with Gasteiger partial charge in [-0.3, -0.25) is 9.59 Å². The molecule has 2 N–H and O–H groups in total. The van der Waals surface area contributed by atoms with Gasteiger partial charge >= 0.3 is 0 Å². The Labute approximate surface area is 191 Å². The molecule has 0 bridgehead atoms. The van der Waals surface area contributed by atoms with Gasteiger partial charge in [-0.05, 0) is 54.3 Å². The van der Waals surface area contributed by atoms with Gasteiger partial charge in [0, 0.05) is 0 Å². The van der Waals surface area contributed by atoms with Gasteiger partial charge in [-0.25, -0.2) is 8.78 Å². The van der Waals surface area contributed by atoms with E-state index in [9.17, 15) is 18.4 Å². The predicted molar refractivity (Wildman–Crippen MR) is 122 cm³/mol. The summed E-state index contributed by atoms with van der Waals surface area (Å²) in [4.78, 5) is 25.4. The highest BCUT2D eigenvalue weighted by molar-refractivity contribution is 5.97. The lowest BCUT2D eigenvalue weighted by Crippen LogP contribution is -2.41. The Morgan fingerprint density at radius 3 is 1.73 bits per heavy atom. The maximum Gasteiger partial charge on any atom is 0.256 e. The first-order valence-electron chi connectivity index (χ1n) is 10.7. The molecule has 0 aromatic heterocycles. The molecule has 0 aliphatic rings. The van der Waals surface area contributed by atoms with E-state index in [0.29, 0.717) is 23.8 Å². The molecule has 0 aliphatic carbocycles. The second-order valence-corrected chi connectivity index (χ2v) is 7.94. The molecule has 2 amide bonds. The van der Waals surface area contributed by atoms with Crippen LogP contribution in [-0.4, -0.2) is 18.4 Å². The molecule has 3 aromatic carbocycles. The average Bonchev–Trinajstić information content (AvgIpc) is 2.79. The second kappa shape index (κ2) is 11.2. The Hall–Kier alpha value is -3.74. The van der Waals surface area contributed by atoms with Gasteiger partial charge in [-0.2, -0.15) is 0 Å². The highest BCUT2D eigenvalue weighted by Gasteiger charge is 2.22. The molecule has 172 valence electrons. The highest BCUT2D eigenvalue weighted by atomic mass is 19.1. The Morgan fingerprint density at radius 1 is 0.788 bits per heavy atom. The number of hydrogen-bond acceptors (Lipinski definition) is 3. The van der Waals surface area contributed by atoms with E-state index in [2.05, 4.69) is 24.5 Å². The van der Waals surface area contributed by atoms with E-state index in [-0.39, 0.29) is 11.1 Å². The van der Waals surface area contributed by atoms with Crippen molar-refractivity contribution >= 4 is 11.8 Å². The SMILES string of the molecule is CC(C)CCOc1ccc(C(NC(=O)c2ccccc2F)NC(=O)c2ccccc2F)cc1. The summed E-state index contributed by atoms with van der Waals surface area (Å²) in [7, 11) is 0. The maximum atomic E-state index is 14.1. The number of benzene rings is 3. The molecule has 0 unspecified atom stereocenters. The van der Waals surface area contributed by atoms with Crippen LogP contribution in [-0.2, 0) is 0 Å². The Kier molecular flexibility index (Phi) is 8.13. The van der Waals surface area contributed by atoms with Gasteiger partial charge in [0.1, 0.15) is 23.5 Å². The van der Waals surface area contributed by atoms with E-state index < -0.39 is 29.6 Å². The van der Waals surface area contributed by atoms with Crippen molar-refractivity contribution in [2.24, 2.45) is 5.92 Å². The molecule has 0 radical (unpaired) electrons.